The number of ether oxygens (including phenoxy) is 1. The molecule has 0 fully saturated rings. The highest BCUT2D eigenvalue weighted by atomic mass is 16.5. The van der Waals surface area contributed by atoms with Crippen molar-refractivity contribution in [3.8, 4) is 11.5 Å². The molecule has 23 heavy (non-hydrogen) atoms. The van der Waals surface area contributed by atoms with E-state index in [-0.39, 0.29) is 29.1 Å². The zero-order chi connectivity index (χ0) is 17.4. The van der Waals surface area contributed by atoms with Gasteiger partial charge in [0.1, 0.15) is 23.7 Å². The van der Waals surface area contributed by atoms with Crippen molar-refractivity contribution in [2.45, 2.75) is 27.4 Å². The maximum Gasteiger partial charge on any atom is 0.340 e. The zero-order valence-corrected chi connectivity index (χ0v) is 13.1. The van der Waals surface area contributed by atoms with E-state index in [9.17, 15) is 24.9 Å². The Labute approximate surface area is 132 Å². The average molecular weight is 318 g/mol. The minimum Gasteiger partial charge on any atom is -0.508 e. The van der Waals surface area contributed by atoms with Gasteiger partial charge in [0, 0.05) is 10.9 Å². The van der Waals surface area contributed by atoms with Gasteiger partial charge in [-0.15, -0.1) is 0 Å². The van der Waals surface area contributed by atoms with E-state index in [1.165, 1.54) is 24.3 Å². The number of rotatable bonds is 3. The summed E-state index contributed by atoms with van der Waals surface area (Å²) in [5, 5.41) is 29.6. The molecule has 0 saturated carbocycles. The number of phenols is 2. The molecular formula is C17H18O6. The Kier molecular flexibility index (Phi) is 4.18. The van der Waals surface area contributed by atoms with Crippen LogP contribution in [-0.4, -0.2) is 27.3 Å². The standard InChI is InChI=1S/C17H18O6/c1-17(2,3)16(22)23-8-10-6-9-4-5-12(18)14(15(20)21)11(9)7-13(10)19/h4-7,18-19H,8H2,1-3H3,(H,20,21). The number of aromatic carboxylic acids is 1. The Morgan fingerprint density at radius 1 is 1.09 bits per heavy atom. The molecule has 0 atom stereocenters. The molecule has 0 radical (unpaired) electrons. The summed E-state index contributed by atoms with van der Waals surface area (Å²) in [6.07, 6.45) is 0. The molecule has 0 spiro atoms. The lowest BCUT2D eigenvalue weighted by molar-refractivity contribution is -0.154. The lowest BCUT2D eigenvalue weighted by Crippen LogP contribution is -2.22. The highest BCUT2D eigenvalue weighted by Crippen LogP contribution is 2.32. The number of hydrogen-bond donors (Lipinski definition) is 3. The van der Waals surface area contributed by atoms with Gasteiger partial charge < -0.3 is 20.1 Å². The van der Waals surface area contributed by atoms with Gasteiger partial charge in [-0.3, -0.25) is 4.79 Å². The Balaban J connectivity index is 2.41. The summed E-state index contributed by atoms with van der Waals surface area (Å²) < 4.78 is 5.16. The van der Waals surface area contributed by atoms with Crippen LogP contribution < -0.4 is 0 Å². The van der Waals surface area contributed by atoms with E-state index in [0.717, 1.165) is 0 Å². The van der Waals surface area contributed by atoms with E-state index in [1.54, 1.807) is 20.8 Å². The molecule has 0 bridgehead atoms. The number of aromatic hydroxyl groups is 2. The van der Waals surface area contributed by atoms with Gasteiger partial charge in [0.2, 0.25) is 0 Å². The van der Waals surface area contributed by atoms with Gasteiger partial charge >= 0.3 is 11.9 Å². The van der Waals surface area contributed by atoms with Crippen LogP contribution in [0.5, 0.6) is 11.5 Å². The number of phenolic OH excluding ortho intramolecular Hbond substituents is 1. The van der Waals surface area contributed by atoms with Crippen molar-refractivity contribution in [3.05, 3.63) is 35.4 Å². The van der Waals surface area contributed by atoms with Crippen molar-refractivity contribution in [3.63, 3.8) is 0 Å². The molecule has 0 aromatic heterocycles. The maximum absolute atomic E-state index is 11.8. The molecule has 3 N–H and O–H groups in total. The van der Waals surface area contributed by atoms with E-state index in [2.05, 4.69) is 0 Å². The highest BCUT2D eigenvalue weighted by molar-refractivity contribution is 6.06. The molecule has 6 heteroatoms. The van der Waals surface area contributed by atoms with Crippen molar-refractivity contribution in [1.29, 1.82) is 0 Å². The largest absolute Gasteiger partial charge is 0.508 e. The number of fused-ring (bicyclic) bond motifs is 1. The summed E-state index contributed by atoms with van der Waals surface area (Å²) in [5.74, 6) is -2.28. The third-order valence-corrected chi connectivity index (χ3v) is 3.38. The summed E-state index contributed by atoms with van der Waals surface area (Å²) in [4.78, 5) is 23.0. The number of carboxylic acid groups (broad SMARTS) is 1. The fourth-order valence-electron chi connectivity index (χ4n) is 2.10. The van der Waals surface area contributed by atoms with Gasteiger partial charge in [0.25, 0.3) is 0 Å². The third kappa shape index (κ3) is 3.36. The lowest BCUT2D eigenvalue weighted by Gasteiger charge is -2.17. The van der Waals surface area contributed by atoms with Gasteiger partial charge in [-0.1, -0.05) is 6.07 Å². The second-order valence-electron chi connectivity index (χ2n) is 6.29. The number of esters is 1. The predicted molar refractivity (Wildman–Crippen MR) is 83.5 cm³/mol. The van der Waals surface area contributed by atoms with Crippen LogP contribution in [0.15, 0.2) is 24.3 Å². The van der Waals surface area contributed by atoms with E-state index < -0.39 is 17.4 Å². The first kappa shape index (κ1) is 16.6. The number of benzene rings is 2. The minimum absolute atomic E-state index is 0.124. The van der Waals surface area contributed by atoms with E-state index in [1.807, 2.05) is 0 Å². The second-order valence-corrected chi connectivity index (χ2v) is 6.29. The fourth-order valence-corrected chi connectivity index (χ4v) is 2.10. The Hall–Kier alpha value is -2.76. The van der Waals surface area contributed by atoms with Gasteiger partial charge in [-0.2, -0.15) is 0 Å². The third-order valence-electron chi connectivity index (χ3n) is 3.38. The second kappa shape index (κ2) is 5.79. The normalized spacial score (nSPS) is 11.4. The summed E-state index contributed by atoms with van der Waals surface area (Å²) >= 11 is 0. The quantitative estimate of drug-likeness (QED) is 0.751. The molecular weight excluding hydrogens is 300 g/mol. The van der Waals surface area contributed by atoms with Crippen molar-refractivity contribution >= 4 is 22.7 Å². The molecule has 0 saturated heterocycles. The fraction of sp³-hybridized carbons (Fsp3) is 0.294. The van der Waals surface area contributed by atoms with E-state index >= 15 is 0 Å². The van der Waals surface area contributed by atoms with Crippen LogP contribution in [0.25, 0.3) is 10.8 Å². The van der Waals surface area contributed by atoms with E-state index in [4.69, 9.17) is 4.74 Å². The van der Waals surface area contributed by atoms with Crippen LogP contribution in [0.2, 0.25) is 0 Å². The Morgan fingerprint density at radius 2 is 1.74 bits per heavy atom. The van der Waals surface area contributed by atoms with Crippen LogP contribution in [0.1, 0.15) is 36.7 Å². The summed E-state index contributed by atoms with van der Waals surface area (Å²) in [7, 11) is 0. The molecule has 6 nitrogen and oxygen atoms in total. The molecule has 2 rings (SSSR count). The van der Waals surface area contributed by atoms with Crippen LogP contribution in [0.4, 0.5) is 0 Å². The molecule has 0 aliphatic carbocycles. The number of carboxylic acids is 1. The summed E-state index contributed by atoms with van der Waals surface area (Å²) in [6.45, 7) is 5.04. The van der Waals surface area contributed by atoms with Crippen molar-refractivity contribution < 1.29 is 29.6 Å². The number of hydrogen-bond acceptors (Lipinski definition) is 5. The van der Waals surface area contributed by atoms with Crippen molar-refractivity contribution in [1.82, 2.24) is 0 Å². The smallest absolute Gasteiger partial charge is 0.340 e. The van der Waals surface area contributed by atoms with E-state index in [0.29, 0.717) is 10.9 Å². The first-order chi connectivity index (χ1) is 10.6. The SMILES string of the molecule is CC(C)(C)C(=O)OCc1cc2ccc(O)c(C(=O)O)c2cc1O. The van der Waals surface area contributed by atoms with Gasteiger partial charge in [0.05, 0.1) is 5.41 Å². The van der Waals surface area contributed by atoms with Gasteiger partial charge in [-0.25, -0.2) is 4.79 Å². The van der Waals surface area contributed by atoms with Crippen LogP contribution >= 0.6 is 0 Å². The average Bonchev–Trinajstić information content (AvgIpc) is 2.43. The van der Waals surface area contributed by atoms with Crippen LogP contribution in [0, 0.1) is 5.41 Å². The predicted octanol–water partition coefficient (Wildman–Crippen LogP) is 3.04. The molecule has 0 unspecified atom stereocenters. The first-order valence-electron chi connectivity index (χ1n) is 6.99. The Bertz CT molecular complexity index is 786. The van der Waals surface area contributed by atoms with Crippen LogP contribution in [0.3, 0.4) is 0 Å². The molecule has 2 aromatic rings. The molecule has 0 aliphatic heterocycles. The molecule has 0 heterocycles. The lowest BCUT2D eigenvalue weighted by atomic mass is 9.97. The summed E-state index contributed by atoms with van der Waals surface area (Å²) in [5.41, 5.74) is -0.581. The summed E-state index contributed by atoms with van der Waals surface area (Å²) in [6, 6.07) is 5.59. The Morgan fingerprint density at radius 3 is 2.30 bits per heavy atom. The molecule has 2 aromatic carbocycles. The van der Waals surface area contributed by atoms with Crippen molar-refractivity contribution in [2.75, 3.05) is 0 Å². The van der Waals surface area contributed by atoms with Crippen molar-refractivity contribution in [2.24, 2.45) is 5.41 Å². The van der Waals surface area contributed by atoms with Crippen LogP contribution in [-0.2, 0) is 16.1 Å². The first-order valence-corrected chi connectivity index (χ1v) is 6.99. The minimum atomic E-state index is -1.29. The molecule has 122 valence electrons. The zero-order valence-electron chi connectivity index (χ0n) is 13.1. The molecule has 0 amide bonds. The topological polar surface area (TPSA) is 104 Å². The highest BCUT2D eigenvalue weighted by Gasteiger charge is 2.23. The maximum atomic E-state index is 11.8. The number of carbonyl (C=O) groups excluding carboxylic acids is 1. The number of carbonyl (C=O) groups is 2. The monoisotopic (exact) mass is 318 g/mol. The van der Waals surface area contributed by atoms with Gasteiger partial charge in [-0.05, 0) is 44.4 Å². The molecule has 0 aliphatic rings. The van der Waals surface area contributed by atoms with Gasteiger partial charge in [0.15, 0.2) is 0 Å².